The average molecular weight is 380 g/mol. The van der Waals surface area contributed by atoms with Gasteiger partial charge in [-0.1, -0.05) is 6.07 Å². The molecule has 0 saturated carbocycles. The normalized spacial score (nSPS) is 15.4. The van der Waals surface area contributed by atoms with Crippen molar-refractivity contribution in [2.24, 2.45) is 0 Å². The van der Waals surface area contributed by atoms with Crippen LogP contribution in [0.4, 0.5) is 5.69 Å². The number of furan rings is 1. The fourth-order valence-electron chi connectivity index (χ4n) is 2.65. The minimum atomic E-state index is -3.48. The lowest BCUT2D eigenvalue weighted by Crippen LogP contribution is -2.28. The van der Waals surface area contributed by atoms with Crippen LogP contribution in [0.3, 0.4) is 0 Å². The molecule has 0 atom stereocenters. The lowest BCUT2D eigenvalue weighted by atomic mass is 10.3. The summed E-state index contributed by atoms with van der Waals surface area (Å²) in [5, 5.41) is 2.75. The Bertz CT molecular complexity index is 813. The molecule has 2 aromatic rings. The van der Waals surface area contributed by atoms with Crippen molar-refractivity contribution in [3.05, 3.63) is 48.4 Å². The molecule has 0 aliphatic carbocycles. The zero-order valence-electron chi connectivity index (χ0n) is 13.7. The second-order valence-corrected chi connectivity index (χ2v) is 8.68. The summed E-state index contributed by atoms with van der Waals surface area (Å²) in [5.41, 5.74) is 0.490. The number of hydrogen-bond acceptors (Lipinski definition) is 5. The minimum absolute atomic E-state index is 0.174. The molecule has 1 amide bonds. The Morgan fingerprint density at radius 2 is 2.00 bits per heavy atom. The third-order valence-electron chi connectivity index (χ3n) is 3.88. The number of thioether (sulfide) groups is 1. The molecular formula is C17H20N2O4S2. The van der Waals surface area contributed by atoms with E-state index in [0.29, 0.717) is 24.5 Å². The summed E-state index contributed by atoms with van der Waals surface area (Å²) in [6.07, 6.45) is 3.38. The highest BCUT2D eigenvalue weighted by molar-refractivity contribution is 7.99. The van der Waals surface area contributed by atoms with Crippen molar-refractivity contribution >= 4 is 33.4 Å². The van der Waals surface area contributed by atoms with E-state index in [2.05, 4.69) is 5.32 Å². The van der Waals surface area contributed by atoms with Crippen LogP contribution in [-0.2, 0) is 20.6 Å². The van der Waals surface area contributed by atoms with Crippen LogP contribution < -0.4 is 5.32 Å². The van der Waals surface area contributed by atoms with Crippen LogP contribution in [0.5, 0.6) is 0 Å². The van der Waals surface area contributed by atoms with Gasteiger partial charge in [-0.25, -0.2) is 8.42 Å². The predicted octanol–water partition coefficient (Wildman–Crippen LogP) is 2.94. The van der Waals surface area contributed by atoms with Gasteiger partial charge >= 0.3 is 0 Å². The molecule has 8 heteroatoms. The number of amides is 1. The first kappa shape index (κ1) is 18.0. The van der Waals surface area contributed by atoms with Crippen molar-refractivity contribution in [1.29, 1.82) is 0 Å². The van der Waals surface area contributed by atoms with Crippen LogP contribution in [0.2, 0.25) is 0 Å². The molecule has 1 aliphatic heterocycles. The molecule has 0 spiro atoms. The molecular weight excluding hydrogens is 360 g/mol. The van der Waals surface area contributed by atoms with E-state index in [1.807, 2.05) is 12.1 Å². The van der Waals surface area contributed by atoms with Gasteiger partial charge in [-0.3, -0.25) is 4.79 Å². The van der Waals surface area contributed by atoms with Crippen molar-refractivity contribution < 1.29 is 17.6 Å². The van der Waals surface area contributed by atoms with E-state index in [1.165, 1.54) is 22.1 Å². The van der Waals surface area contributed by atoms with E-state index in [9.17, 15) is 13.2 Å². The summed E-state index contributed by atoms with van der Waals surface area (Å²) in [6, 6.07) is 10.1. The smallest absolute Gasteiger partial charge is 0.243 e. The molecule has 0 radical (unpaired) electrons. The molecule has 1 fully saturated rings. The van der Waals surface area contributed by atoms with Gasteiger partial charge in [0.2, 0.25) is 15.9 Å². The van der Waals surface area contributed by atoms with E-state index in [0.717, 1.165) is 18.6 Å². The van der Waals surface area contributed by atoms with Crippen molar-refractivity contribution in [3.8, 4) is 0 Å². The average Bonchev–Trinajstić information content (AvgIpc) is 3.29. The Morgan fingerprint density at radius 1 is 1.20 bits per heavy atom. The van der Waals surface area contributed by atoms with E-state index >= 15 is 0 Å². The standard InChI is InChI=1S/C17H20N2O4S2/c20-17(13-24-12-15-6-4-10-23-15)18-14-5-3-7-16(11-14)25(21,22)19-8-1-2-9-19/h3-7,10-11H,1-2,8-9,12-13H2,(H,18,20). The van der Waals surface area contributed by atoms with Crippen molar-refractivity contribution in [2.75, 3.05) is 24.2 Å². The van der Waals surface area contributed by atoms with E-state index < -0.39 is 10.0 Å². The number of hydrogen-bond donors (Lipinski definition) is 1. The second-order valence-electron chi connectivity index (χ2n) is 5.76. The number of nitrogens with one attached hydrogen (secondary N) is 1. The number of carbonyl (C=O) groups excluding carboxylic acids is 1. The number of nitrogens with zero attached hydrogens (tertiary/aromatic N) is 1. The number of sulfonamides is 1. The molecule has 1 saturated heterocycles. The Labute approximate surface area is 151 Å². The molecule has 1 aromatic carbocycles. The van der Waals surface area contributed by atoms with Crippen LogP contribution >= 0.6 is 11.8 Å². The lowest BCUT2D eigenvalue weighted by molar-refractivity contribution is -0.113. The summed E-state index contributed by atoms with van der Waals surface area (Å²) in [5.74, 6) is 1.52. The third-order valence-corrected chi connectivity index (χ3v) is 6.73. The molecule has 6 nitrogen and oxygen atoms in total. The molecule has 1 aliphatic rings. The Hall–Kier alpha value is -1.77. The Kier molecular flexibility index (Phi) is 5.82. The molecule has 0 bridgehead atoms. The third kappa shape index (κ3) is 4.65. The quantitative estimate of drug-likeness (QED) is 0.799. The van der Waals surface area contributed by atoms with Gasteiger partial charge in [0, 0.05) is 18.8 Å². The molecule has 134 valence electrons. The van der Waals surface area contributed by atoms with E-state index in [-0.39, 0.29) is 16.6 Å². The fraction of sp³-hybridized carbons (Fsp3) is 0.353. The molecule has 2 heterocycles. The van der Waals surface area contributed by atoms with Crippen LogP contribution in [-0.4, -0.2) is 37.5 Å². The first-order chi connectivity index (χ1) is 12.1. The number of carbonyl (C=O) groups is 1. The maximum absolute atomic E-state index is 12.6. The zero-order valence-corrected chi connectivity index (χ0v) is 15.3. The highest BCUT2D eigenvalue weighted by Crippen LogP contribution is 2.23. The van der Waals surface area contributed by atoms with Gasteiger partial charge in [0.1, 0.15) is 5.76 Å². The summed E-state index contributed by atoms with van der Waals surface area (Å²) in [4.78, 5) is 12.3. The van der Waals surface area contributed by atoms with Crippen molar-refractivity contribution in [3.63, 3.8) is 0 Å². The Balaban J connectivity index is 1.58. The molecule has 1 aromatic heterocycles. The van der Waals surface area contributed by atoms with Gasteiger partial charge in [-0.05, 0) is 43.2 Å². The predicted molar refractivity (Wildman–Crippen MR) is 97.9 cm³/mol. The van der Waals surface area contributed by atoms with E-state index in [4.69, 9.17) is 4.42 Å². The highest BCUT2D eigenvalue weighted by atomic mass is 32.2. The summed E-state index contributed by atoms with van der Waals surface area (Å²) >= 11 is 1.44. The minimum Gasteiger partial charge on any atom is -0.468 e. The van der Waals surface area contributed by atoms with Gasteiger partial charge in [0.15, 0.2) is 0 Å². The largest absolute Gasteiger partial charge is 0.468 e. The number of anilines is 1. The maximum Gasteiger partial charge on any atom is 0.243 e. The molecule has 1 N–H and O–H groups in total. The van der Waals surface area contributed by atoms with Crippen molar-refractivity contribution in [2.45, 2.75) is 23.5 Å². The number of rotatable bonds is 7. The van der Waals surface area contributed by atoms with Gasteiger partial charge < -0.3 is 9.73 Å². The van der Waals surface area contributed by atoms with Crippen LogP contribution in [0, 0.1) is 0 Å². The van der Waals surface area contributed by atoms with Gasteiger partial charge in [-0.15, -0.1) is 11.8 Å². The van der Waals surface area contributed by atoms with Crippen LogP contribution in [0.25, 0.3) is 0 Å². The highest BCUT2D eigenvalue weighted by Gasteiger charge is 2.27. The molecule has 25 heavy (non-hydrogen) atoms. The topological polar surface area (TPSA) is 79.6 Å². The van der Waals surface area contributed by atoms with Crippen LogP contribution in [0.1, 0.15) is 18.6 Å². The van der Waals surface area contributed by atoms with Gasteiger partial charge in [0.05, 0.1) is 22.7 Å². The number of benzene rings is 1. The SMILES string of the molecule is O=C(CSCc1ccco1)Nc1cccc(S(=O)(=O)N2CCCC2)c1. The zero-order chi connectivity index (χ0) is 17.7. The molecule has 3 rings (SSSR count). The first-order valence-electron chi connectivity index (χ1n) is 8.06. The monoisotopic (exact) mass is 380 g/mol. The summed E-state index contributed by atoms with van der Waals surface area (Å²) in [6.45, 7) is 1.12. The fourth-order valence-corrected chi connectivity index (χ4v) is 4.94. The van der Waals surface area contributed by atoms with Crippen LogP contribution in [0.15, 0.2) is 52.0 Å². The first-order valence-corrected chi connectivity index (χ1v) is 10.7. The van der Waals surface area contributed by atoms with Crippen molar-refractivity contribution in [1.82, 2.24) is 4.31 Å². The molecule has 0 unspecified atom stereocenters. The summed E-state index contributed by atoms with van der Waals surface area (Å²) < 4.78 is 31.9. The van der Waals surface area contributed by atoms with Gasteiger partial charge in [0.25, 0.3) is 0 Å². The lowest BCUT2D eigenvalue weighted by Gasteiger charge is -2.16. The maximum atomic E-state index is 12.6. The Morgan fingerprint density at radius 3 is 2.72 bits per heavy atom. The second kappa shape index (κ2) is 8.07. The van der Waals surface area contributed by atoms with E-state index in [1.54, 1.807) is 24.5 Å². The van der Waals surface area contributed by atoms with Gasteiger partial charge in [-0.2, -0.15) is 4.31 Å². The summed E-state index contributed by atoms with van der Waals surface area (Å²) in [7, 11) is -3.48.